The van der Waals surface area contributed by atoms with Crippen LogP contribution in [0.3, 0.4) is 0 Å². The highest BCUT2D eigenvalue weighted by molar-refractivity contribution is 6.30. The van der Waals surface area contributed by atoms with Crippen molar-refractivity contribution in [3.05, 3.63) is 34.9 Å². The fourth-order valence-corrected chi connectivity index (χ4v) is 1.36. The SMILES string of the molecule is COC(=O)CN(C)C(=O)c1cccc(Cl)c1. The van der Waals surface area contributed by atoms with Gasteiger partial charge in [-0.1, -0.05) is 17.7 Å². The minimum Gasteiger partial charge on any atom is -0.468 e. The van der Waals surface area contributed by atoms with E-state index in [1.165, 1.54) is 19.1 Å². The lowest BCUT2D eigenvalue weighted by Crippen LogP contribution is -2.32. The molecule has 16 heavy (non-hydrogen) atoms. The molecule has 0 saturated heterocycles. The van der Waals surface area contributed by atoms with Gasteiger partial charge in [-0.05, 0) is 18.2 Å². The van der Waals surface area contributed by atoms with E-state index in [4.69, 9.17) is 11.6 Å². The van der Waals surface area contributed by atoms with E-state index in [2.05, 4.69) is 4.74 Å². The average Bonchev–Trinajstić information content (AvgIpc) is 2.27. The quantitative estimate of drug-likeness (QED) is 0.755. The second-order valence-corrected chi connectivity index (χ2v) is 3.68. The van der Waals surface area contributed by atoms with Crippen molar-refractivity contribution in [3.8, 4) is 0 Å². The van der Waals surface area contributed by atoms with E-state index in [1.54, 1.807) is 24.3 Å². The third kappa shape index (κ3) is 3.24. The number of carbonyl (C=O) groups is 2. The molecule has 0 aliphatic heterocycles. The number of rotatable bonds is 3. The maximum absolute atomic E-state index is 11.8. The van der Waals surface area contributed by atoms with Gasteiger partial charge in [0.25, 0.3) is 5.91 Å². The second-order valence-electron chi connectivity index (χ2n) is 3.25. The van der Waals surface area contributed by atoms with E-state index in [1.807, 2.05) is 0 Å². The van der Waals surface area contributed by atoms with Gasteiger partial charge < -0.3 is 9.64 Å². The Labute approximate surface area is 98.8 Å². The van der Waals surface area contributed by atoms with Gasteiger partial charge in [0, 0.05) is 17.6 Å². The molecule has 0 aliphatic carbocycles. The first kappa shape index (κ1) is 12.5. The molecule has 4 nitrogen and oxygen atoms in total. The molecule has 0 heterocycles. The van der Waals surface area contributed by atoms with Crippen molar-refractivity contribution in [1.29, 1.82) is 0 Å². The predicted molar refractivity (Wildman–Crippen MR) is 60.4 cm³/mol. The van der Waals surface area contributed by atoms with Crippen LogP contribution in [-0.4, -0.2) is 37.5 Å². The molecule has 0 radical (unpaired) electrons. The predicted octanol–water partition coefficient (Wildman–Crippen LogP) is 1.58. The minimum atomic E-state index is -0.460. The summed E-state index contributed by atoms with van der Waals surface area (Å²) in [5, 5.41) is 0.484. The second kappa shape index (κ2) is 5.51. The molecule has 0 aromatic heterocycles. The lowest BCUT2D eigenvalue weighted by atomic mass is 10.2. The molecule has 0 aliphatic rings. The Morgan fingerprint density at radius 1 is 1.44 bits per heavy atom. The number of carbonyl (C=O) groups excluding carboxylic acids is 2. The van der Waals surface area contributed by atoms with Crippen LogP contribution >= 0.6 is 11.6 Å². The highest BCUT2D eigenvalue weighted by Crippen LogP contribution is 2.12. The largest absolute Gasteiger partial charge is 0.468 e. The van der Waals surface area contributed by atoms with E-state index in [9.17, 15) is 9.59 Å². The zero-order chi connectivity index (χ0) is 12.1. The van der Waals surface area contributed by atoms with Crippen LogP contribution in [0.15, 0.2) is 24.3 Å². The summed E-state index contributed by atoms with van der Waals surface area (Å²) in [5.74, 6) is -0.731. The minimum absolute atomic E-state index is 0.0815. The summed E-state index contributed by atoms with van der Waals surface area (Å²) in [6.07, 6.45) is 0. The van der Waals surface area contributed by atoms with Gasteiger partial charge in [-0.3, -0.25) is 9.59 Å². The summed E-state index contributed by atoms with van der Waals surface area (Å²) in [4.78, 5) is 24.1. The molecule has 0 atom stereocenters. The van der Waals surface area contributed by atoms with Crippen LogP contribution in [0.4, 0.5) is 0 Å². The third-order valence-corrected chi connectivity index (χ3v) is 2.25. The summed E-state index contributed by atoms with van der Waals surface area (Å²) < 4.78 is 4.47. The first-order valence-corrected chi connectivity index (χ1v) is 5.00. The van der Waals surface area contributed by atoms with Crippen molar-refractivity contribution in [2.24, 2.45) is 0 Å². The summed E-state index contributed by atoms with van der Waals surface area (Å²) in [6.45, 7) is -0.0815. The molecule has 1 aromatic rings. The van der Waals surface area contributed by atoms with Crippen LogP contribution in [-0.2, 0) is 9.53 Å². The molecule has 0 N–H and O–H groups in total. The maximum Gasteiger partial charge on any atom is 0.325 e. The normalized spacial score (nSPS) is 9.69. The number of hydrogen-bond acceptors (Lipinski definition) is 3. The average molecular weight is 242 g/mol. The van der Waals surface area contributed by atoms with Gasteiger partial charge in [-0.25, -0.2) is 0 Å². The van der Waals surface area contributed by atoms with Crippen molar-refractivity contribution < 1.29 is 14.3 Å². The van der Waals surface area contributed by atoms with Crippen LogP contribution in [0.25, 0.3) is 0 Å². The maximum atomic E-state index is 11.8. The molecule has 1 rings (SSSR count). The van der Waals surface area contributed by atoms with E-state index >= 15 is 0 Å². The molecule has 0 saturated carbocycles. The number of nitrogens with zero attached hydrogens (tertiary/aromatic N) is 1. The fraction of sp³-hybridized carbons (Fsp3) is 0.273. The molecule has 1 amide bonds. The summed E-state index contributed by atoms with van der Waals surface area (Å²) >= 11 is 5.76. The number of halogens is 1. The van der Waals surface area contributed by atoms with Gasteiger partial charge in [-0.2, -0.15) is 0 Å². The Hall–Kier alpha value is -1.55. The molecule has 0 unspecified atom stereocenters. The Bertz CT molecular complexity index is 406. The van der Waals surface area contributed by atoms with Crippen molar-refractivity contribution in [1.82, 2.24) is 4.90 Å². The molecule has 0 bridgehead atoms. The van der Waals surface area contributed by atoms with Crippen LogP contribution in [0.2, 0.25) is 5.02 Å². The van der Waals surface area contributed by atoms with Crippen molar-refractivity contribution in [2.45, 2.75) is 0 Å². The lowest BCUT2D eigenvalue weighted by Gasteiger charge is -2.15. The number of methoxy groups -OCH3 is 1. The first-order chi connectivity index (χ1) is 7.54. The zero-order valence-corrected chi connectivity index (χ0v) is 9.82. The molecular weight excluding hydrogens is 230 g/mol. The Morgan fingerprint density at radius 3 is 2.69 bits per heavy atom. The van der Waals surface area contributed by atoms with Crippen LogP contribution in [0.5, 0.6) is 0 Å². The number of amides is 1. The highest BCUT2D eigenvalue weighted by atomic mass is 35.5. The van der Waals surface area contributed by atoms with Crippen molar-refractivity contribution in [3.63, 3.8) is 0 Å². The molecule has 1 aromatic carbocycles. The Morgan fingerprint density at radius 2 is 2.12 bits per heavy atom. The topological polar surface area (TPSA) is 46.6 Å². The van der Waals surface area contributed by atoms with E-state index in [0.29, 0.717) is 10.6 Å². The molecule has 0 fully saturated rings. The first-order valence-electron chi connectivity index (χ1n) is 4.62. The number of ether oxygens (including phenoxy) is 1. The lowest BCUT2D eigenvalue weighted by molar-refractivity contribution is -0.141. The smallest absolute Gasteiger partial charge is 0.325 e. The monoisotopic (exact) mass is 241 g/mol. The Balaban J connectivity index is 2.74. The van der Waals surface area contributed by atoms with E-state index in [-0.39, 0.29) is 12.5 Å². The molecular formula is C11H12ClNO3. The van der Waals surface area contributed by atoms with Gasteiger partial charge in [-0.15, -0.1) is 0 Å². The van der Waals surface area contributed by atoms with Gasteiger partial charge in [0.15, 0.2) is 0 Å². The molecule has 5 heteroatoms. The van der Waals surface area contributed by atoms with Crippen molar-refractivity contribution in [2.75, 3.05) is 20.7 Å². The summed E-state index contributed by atoms with van der Waals surface area (Å²) in [6, 6.07) is 6.56. The summed E-state index contributed by atoms with van der Waals surface area (Å²) in [5.41, 5.74) is 0.443. The molecule has 86 valence electrons. The number of hydrogen-bond donors (Lipinski definition) is 0. The van der Waals surface area contributed by atoms with Gasteiger partial charge in [0.1, 0.15) is 6.54 Å². The van der Waals surface area contributed by atoms with Crippen LogP contribution in [0.1, 0.15) is 10.4 Å². The zero-order valence-electron chi connectivity index (χ0n) is 9.07. The standard InChI is InChI=1S/C11H12ClNO3/c1-13(7-10(14)16-2)11(15)8-4-3-5-9(12)6-8/h3-6H,7H2,1-2H3. The number of benzene rings is 1. The van der Waals surface area contributed by atoms with Crippen molar-refractivity contribution >= 4 is 23.5 Å². The van der Waals surface area contributed by atoms with Crippen LogP contribution < -0.4 is 0 Å². The highest BCUT2D eigenvalue weighted by Gasteiger charge is 2.14. The van der Waals surface area contributed by atoms with Crippen LogP contribution in [0, 0.1) is 0 Å². The van der Waals surface area contributed by atoms with Gasteiger partial charge in [0.05, 0.1) is 7.11 Å². The van der Waals surface area contributed by atoms with E-state index in [0.717, 1.165) is 0 Å². The van der Waals surface area contributed by atoms with E-state index < -0.39 is 5.97 Å². The van der Waals surface area contributed by atoms with Gasteiger partial charge >= 0.3 is 5.97 Å². The number of esters is 1. The van der Waals surface area contributed by atoms with Gasteiger partial charge in [0.2, 0.25) is 0 Å². The summed E-state index contributed by atoms with van der Waals surface area (Å²) in [7, 11) is 2.81. The third-order valence-electron chi connectivity index (χ3n) is 2.01. The Kier molecular flexibility index (Phi) is 4.31. The molecule has 0 spiro atoms. The number of likely N-dealkylation sites (N-methyl/N-ethyl adjacent to an activating group) is 1. The fourth-order valence-electron chi connectivity index (χ4n) is 1.17.